The summed E-state index contributed by atoms with van der Waals surface area (Å²) in [7, 11) is 0. The van der Waals surface area contributed by atoms with Gasteiger partial charge < -0.3 is 10.6 Å². The van der Waals surface area contributed by atoms with Crippen molar-refractivity contribution >= 4 is 17.3 Å². The molecule has 0 aliphatic carbocycles. The van der Waals surface area contributed by atoms with Gasteiger partial charge >= 0.3 is 0 Å². The van der Waals surface area contributed by atoms with E-state index in [1.807, 2.05) is 38.1 Å². The monoisotopic (exact) mass is 279 g/mol. The predicted octanol–water partition coefficient (Wildman–Crippen LogP) is 3.23. The van der Waals surface area contributed by atoms with Crippen molar-refractivity contribution in [3.05, 3.63) is 59.2 Å². The van der Waals surface area contributed by atoms with E-state index in [1.54, 1.807) is 24.3 Å². The van der Waals surface area contributed by atoms with Crippen molar-refractivity contribution in [2.45, 2.75) is 13.8 Å². The minimum Gasteiger partial charge on any atom is -0.376 e. The molecule has 2 aromatic rings. The highest BCUT2D eigenvalue weighted by Gasteiger charge is 2.04. The van der Waals surface area contributed by atoms with Crippen LogP contribution in [-0.2, 0) is 4.79 Å². The molecule has 4 nitrogen and oxygen atoms in total. The Morgan fingerprint density at radius 1 is 1.19 bits per heavy atom. The Hall–Kier alpha value is -2.80. The molecule has 21 heavy (non-hydrogen) atoms. The average molecular weight is 279 g/mol. The number of amides is 1. The molecular weight excluding hydrogens is 262 g/mol. The SMILES string of the molecule is Cc1ccc(C)c(NCC(=O)Nc2cccc(C#N)c2)c1. The van der Waals surface area contributed by atoms with Gasteiger partial charge in [0.05, 0.1) is 18.2 Å². The molecule has 0 aliphatic rings. The molecule has 4 heteroatoms. The fraction of sp³-hybridized carbons (Fsp3) is 0.176. The highest BCUT2D eigenvalue weighted by Crippen LogP contribution is 2.16. The predicted molar refractivity (Wildman–Crippen MR) is 84.2 cm³/mol. The summed E-state index contributed by atoms with van der Waals surface area (Å²) in [6, 6.07) is 15.0. The zero-order chi connectivity index (χ0) is 15.2. The van der Waals surface area contributed by atoms with Gasteiger partial charge in [-0.1, -0.05) is 18.2 Å². The summed E-state index contributed by atoms with van der Waals surface area (Å²) in [6.45, 7) is 4.19. The first-order chi connectivity index (χ1) is 10.1. The number of nitriles is 1. The van der Waals surface area contributed by atoms with Gasteiger partial charge in [-0.3, -0.25) is 4.79 Å². The highest BCUT2D eigenvalue weighted by molar-refractivity contribution is 5.94. The van der Waals surface area contributed by atoms with E-state index in [-0.39, 0.29) is 12.5 Å². The lowest BCUT2D eigenvalue weighted by Gasteiger charge is -2.11. The summed E-state index contributed by atoms with van der Waals surface area (Å²) in [5, 5.41) is 14.7. The van der Waals surface area contributed by atoms with Gasteiger partial charge in [0.25, 0.3) is 0 Å². The molecule has 1 amide bonds. The third-order valence-corrected chi connectivity index (χ3v) is 3.11. The quantitative estimate of drug-likeness (QED) is 0.903. The Morgan fingerprint density at radius 3 is 2.76 bits per heavy atom. The van der Waals surface area contributed by atoms with Crippen LogP contribution in [0.4, 0.5) is 11.4 Å². The number of nitrogens with one attached hydrogen (secondary N) is 2. The Balaban J connectivity index is 1.96. The smallest absolute Gasteiger partial charge is 0.243 e. The van der Waals surface area contributed by atoms with Crippen molar-refractivity contribution in [2.24, 2.45) is 0 Å². The lowest BCUT2D eigenvalue weighted by molar-refractivity contribution is -0.114. The molecule has 0 atom stereocenters. The first kappa shape index (κ1) is 14.6. The zero-order valence-corrected chi connectivity index (χ0v) is 12.1. The molecule has 0 spiro atoms. The molecule has 0 fully saturated rings. The molecule has 0 unspecified atom stereocenters. The number of rotatable bonds is 4. The van der Waals surface area contributed by atoms with Crippen LogP contribution in [0.2, 0.25) is 0 Å². The van der Waals surface area contributed by atoms with Gasteiger partial charge in [-0.15, -0.1) is 0 Å². The van der Waals surface area contributed by atoms with E-state index >= 15 is 0 Å². The molecule has 0 bridgehead atoms. The average Bonchev–Trinajstić information content (AvgIpc) is 2.48. The van der Waals surface area contributed by atoms with Crippen molar-refractivity contribution < 1.29 is 4.79 Å². The molecule has 0 saturated heterocycles. The maximum absolute atomic E-state index is 11.9. The molecule has 106 valence electrons. The normalized spacial score (nSPS) is 9.76. The van der Waals surface area contributed by atoms with Crippen molar-refractivity contribution in [1.29, 1.82) is 5.26 Å². The third kappa shape index (κ3) is 4.08. The molecule has 0 aromatic heterocycles. The van der Waals surface area contributed by atoms with Crippen LogP contribution in [0, 0.1) is 25.2 Å². The van der Waals surface area contributed by atoms with Gasteiger partial charge in [0.15, 0.2) is 0 Å². The lowest BCUT2D eigenvalue weighted by Crippen LogP contribution is -2.22. The number of carbonyl (C=O) groups is 1. The number of hydrogen-bond acceptors (Lipinski definition) is 3. The molecule has 2 N–H and O–H groups in total. The fourth-order valence-electron chi connectivity index (χ4n) is 1.97. The van der Waals surface area contributed by atoms with Gasteiger partial charge in [-0.2, -0.15) is 5.26 Å². The maximum atomic E-state index is 11.9. The van der Waals surface area contributed by atoms with Gasteiger partial charge in [-0.05, 0) is 49.2 Å². The maximum Gasteiger partial charge on any atom is 0.243 e. The summed E-state index contributed by atoms with van der Waals surface area (Å²) in [5.41, 5.74) is 4.35. The summed E-state index contributed by atoms with van der Waals surface area (Å²) in [5.74, 6) is -0.147. The second-order valence-corrected chi connectivity index (χ2v) is 4.91. The van der Waals surface area contributed by atoms with Crippen LogP contribution >= 0.6 is 0 Å². The minimum absolute atomic E-state index is 0.147. The number of anilines is 2. The van der Waals surface area contributed by atoms with E-state index in [0.29, 0.717) is 11.3 Å². The molecule has 2 aromatic carbocycles. The van der Waals surface area contributed by atoms with Crippen molar-refractivity contribution in [3.63, 3.8) is 0 Å². The van der Waals surface area contributed by atoms with Crippen LogP contribution in [0.15, 0.2) is 42.5 Å². The zero-order valence-electron chi connectivity index (χ0n) is 12.1. The number of aryl methyl sites for hydroxylation is 2. The Kier molecular flexibility index (Phi) is 4.57. The van der Waals surface area contributed by atoms with Crippen LogP contribution in [0.25, 0.3) is 0 Å². The first-order valence-electron chi connectivity index (χ1n) is 6.69. The topological polar surface area (TPSA) is 64.9 Å². The molecule has 2 rings (SSSR count). The van der Waals surface area contributed by atoms with Crippen LogP contribution in [0.5, 0.6) is 0 Å². The van der Waals surface area contributed by atoms with Crippen molar-refractivity contribution in [3.8, 4) is 6.07 Å². The van der Waals surface area contributed by atoms with Crippen LogP contribution in [0.1, 0.15) is 16.7 Å². The largest absolute Gasteiger partial charge is 0.376 e. The summed E-state index contributed by atoms with van der Waals surface area (Å²) < 4.78 is 0. The van der Waals surface area contributed by atoms with E-state index in [4.69, 9.17) is 5.26 Å². The van der Waals surface area contributed by atoms with E-state index in [1.165, 1.54) is 0 Å². The highest BCUT2D eigenvalue weighted by atomic mass is 16.1. The van der Waals surface area contributed by atoms with Crippen LogP contribution in [0.3, 0.4) is 0 Å². The first-order valence-corrected chi connectivity index (χ1v) is 6.69. The summed E-state index contributed by atoms with van der Waals surface area (Å²) in [6.07, 6.45) is 0. The molecular formula is C17H17N3O. The second-order valence-electron chi connectivity index (χ2n) is 4.91. The Labute approximate surface area is 124 Å². The van der Waals surface area contributed by atoms with E-state index < -0.39 is 0 Å². The molecule has 0 heterocycles. The van der Waals surface area contributed by atoms with Gasteiger partial charge in [-0.25, -0.2) is 0 Å². The third-order valence-electron chi connectivity index (χ3n) is 3.11. The number of benzene rings is 2. The van der Waals surface area contributed by atoms with Crippen molar-refractivity contribution in [2.75, 3.05) is 17.2 Å². The van der Waals surface area contributed by atoms with Gasteiger partial charge in [0.2, 0.25) is 5.91 Å². The number of hydrogen-bond donors (Lipinski definition) is 2. The Morgan fingerprint density at radius 2 is 2.00 bits per heavy atom. The van der Waals surface area contributed by atoms with Crippen molar-refractivity contribution in [1.82, 2.24) is 0 Å². The van der Waals surface area contributed by atoms with Gasteiger partial charge in [0, 0.05) is 11.4 Å². The summed E-state index contributed by atoms with van der Waals surface area (Å²) >= 11 is 0. The van der Waals surface area contributed by atoms with Crippen LogP contribution in [-0.4, -0.2) is 12.5 Å². The second kappa shape index (κ2) is 6.58. The van der Waals surface area contributed by atoms with Crippen LogP contribution < -0.4 is 10.6 Å². The Bertz CT molecular complexity index is 701. The summed E-state index contributed by atoms with van der Waals surface area (Å²) in [4.78, 5) is 11.9. The van der Waals surface area contributed by atoms with E-state index in [0.717, 1.165) is 16.8 Å². The molecule has 0 aliphatic heterocycles. The molecule has 0 saturated carbocycles. The standard InChI is InChI=1S/C17H17N3O/c1-12-6-7-13(2)16(8-12)19-11-17(21)20-15-5-3-4-14(9-15)10-18/h3-9,19H,11H2,1-2H3,(H,20,21). The molecule has 0 radical (unpaired) electrons. The van der Waals surface area contributed by atoms with E-state index in [2.05, 4.69) is 10.6 Å². The van der Waals surface area contributed by atoms with Gasteiger partial charge in [0.1, 0.15) is 0 Å². The minimum atomic E-state index is -0.147. The number of nitrogens with zero attached hydrogens (tertiary/aromatic N) is 1. The van der Waals surface area contributed by atoms with E-state index in [9.17, 15) is 4.79 Å². The fourth-order valence-corrected chi connectivity index (χ4v) is 1.97. The number of carbonyl (C=O) groups excluding carboxylic acids is 1. The lowest BCUT2D eigenvalue weighted by atomic mass is 10.1.